The second-order valence-corrected chi connectivity index (χ2v) is 5.69. The largest absolute Gasteiger partial charge is 0.457 e. The maximum atomic E-state index is 11.3. The van der Waals surface area contributed by atoms with Crippen LogP contribution in [0, 0.1) is 0 Å². The van der Waals surface area contributed by atoms with Gasteiger partial charge in [0.25, 0.3) is 0 Å². The molecule has 0 radical (unpaired) electrons. The van der Waals surface area contributed by atoms with Crippen molar-refractivity contribution in [2.45, 2.75) is 57.3 Å². The van der Waals surface area contributed by atoms with E-state index in [1.807, 2.05) is 0 Å². The molecule has 0 aromatic carbocycles. The van der Waals surface area contributed by atoms with Crippen molar-refractivity contribution in [2.75, 3.05) is 6.61 Å². The lowest BCUT2D eigenvalue weighted by molar-refractivity contribution is -0.226. The molecule has 0 aliphatic carbocycles. The van der Waals surface area contributed by atoms with Gasteiger partial charge in [-0.15, -0.1) is 0 Å². The minimum atomic E-state index is -0.777. The molecule has 3 rings (SSSR count). The zero-order valence-corrected chi connectivity index (χ0v) is 12.2. The molecule has 3 aliphatic rings. The van der Waals surface area contributed by atoms with Crippen molar-refractivity contribution >= 4 is 23.4 Å². The Morgan fingerprint density at radius 1 is 1.35 bits per heavy atom. The summed E-state index contributed by atoms with van der Waals surface area (Å²) in [5.74, 6) is -1.19. The number of carbonyl (C=O) groups is 1. The molecular formula is C12H16O7S. The molecule has 3 saturated heterocycles. The molecule has 0 bridgehead atoms. The molecule has 20 heavy (non-hydrogen) atoms. The van der Waals surface area contributed by atoms with Crippen molar-refractivity contribution in [3.63, 3.8) is 0 Å². The Balaban J connectivity index is 1.78. The maximum absolute atomic E-state index is 11.3. The molecule has 8 heteroatoms. The zero-order chi connectivity index (χ0) is 14.5. The Labute approximate surface area is 121 Å². The first-order valence-electron chi connectivity index (χ1n) is 6.37. The van der Waals surface area contributed by atoms with Gasteiger partial charge in [0.2, 0.25) is 0 Å². The zero-order valence-electron chi connectivity index (χ0n) is 11.4. The van der Waals surface area contributed by atoms with Crippen LogP contribution in [0.3, 0.4) is 0 Å². The number of fused-ring (bicyclic) bond motifs is 1. The average molecular weight is 304 g/mol. The molecule has 0 aromatic rings. The summed E-state index contributed by atoms with van der Waals surface area (Å²) in [5.41, 5.74) is 0. The summed E-state index contributed by atoms with van der Waals surface area (Å²) in [5, 5.41) is 0.0689. The second kappa shape index (κ2) is 4.80. The van der Waals surface area contributed by atoms with Crippen LogP contribution >= 0.6 is 12.2 Å². The number of hydrogen-bond acceptors (Lipinski definition) is 8. The lowest BCUT2D eigenvalue weighted by Gasteiger charge is -2.27. The monoisotopic (exact) mass is 304 g/mol. The van der Waals surface area contributed by atoms with E-state index < -0.39 is 42.5 Å². The van der Waals surface area contributed by atoms with E-state index in [9.17, 15) is 4.79 Å². The lowest BCUT2D eigenvalue weighted by Crippen LogP contribution is -2.44. The summed E-state index contributed by atoms with van der Waals surface area (Å²) in [7, 11) is 0. The summed E-state index contributed by atoms with van der Waals surface area (Å²) in [4.78, 5) is 11.3. The van der Waals surface area contributed by atoms with E-state index in [-0.39, 0.29) is 11.8 Å². The van der Waals surface area contributed by atoms with Crippen LogP contribution in [-0.4, -0.2) is 54.3 Å². The summed E-state index contributed by atoms with van der Waals surface area (Å²) in [6.07, 6.45) is -2.68. The fraction of sp³-hybridized carbons (Fsp3) is 0.833. The topological polar surface area (TPSA) is 72.5 Å². The molecule has 0 aromatic heterocycles. The Hall–Kier alpha value is -0.960. The SMILES string of the molecule is CC(=O)O[C@@H]1[C@H]([C@@H]2COC(=S)O2)O[C@H]2OC(C)(C)O[C@@H]21. The van der Waals surface area contributed by atoms with Gasteiger partial charge in [0, 0.05) is 19.1 Å². The Morgan fingerprint density at radius 3 is 2.70 bits per heavy atom. The molecule has 3 fully saturated rings. The summed E-state index contributed by atoms with van der Waals surface area (Å²) in [6, 6.07) is 0. The van der Waals surface area contributed by atoms with Gasteiger partial charge in [-0.2, -0.15) is 0 Å². The van der Waals surface area contributed by atoms with E-state index in [4.69, 9.17) is 40.6 Å². The van der Waals surface area contributed by atoms with E-state index in [1.165, 1.54) is 6.92 Å². The number of hydrogen-bond donors (Lipinski definition) is 0. The Bertz CT molecular complexity index is 438. The molecular weight excluding hydrogens is 288 g/mol. The van der Waals surface area contributed by atoms with E-state index in [2.05, 4.69) is 0 Å². The predicted molar refractivity (Wildman–Crippen MR) is 67.7 cm³/mol. The molecule has 7 nitrogen and oxygen atoms in total. The highest BCUT2D eigenvalue weighted by Crippen LogP contribution is 2.40. The quantitative estimate of drug-likeness (QED) is 0.539. The number of esters is 1. The molecule has 112 valence electrons. The minimum absolute atomic E-state index is 0.0689. The van der Waals surface area contributed by atoms with Gasteiger partial charge in [-0.3, -0.25) is 4.79 Å². The van der Waals surface area contributed by atoms with Crippen LogP contribution in [0.15, 0.2) is 0 Å². The Kier molecular flexibility index (Phi) is 3.36. The minimum Gasteiger partial charge on any atom is -0.457 e. The van der Waals surface area contributed by atoms with Crippen molar-refractivity contribution in [3.8, 4) is 0 Å². The van der Waals surface area contributed by atoms with Gasteiger partial charge in [0.15, 0.2) is 30.4 Å². The first-order valence-corrected chi connectivity index (χ1v) is 6.78. The fourth-order valence-corrected chi connectivity index (χ4v) is 2.82. The lowest BCUT2D eigenvalue weighted by atomic mass is 10.1. The summed E-state index contributed by atoms with van der Waals surface area (Å²) in [6.45, 7) is 5.14. The van der Waals surface area contributed by atoms with Crippen LogP contribution in [0.5, 0.6) is 0 Å². The van der Waals surface area contributed by atoms with Crippen molar-refractivity contribution in [3.05, 3.63) is 0 Å². The number of thiocarbonyl (C=S) groups is 1. The summed E-state index contributed by atoms with van der Waals surface area (Å²) < 4.78 is 33.0. The van der Waals surface area contributed by atoms with E-state index in [1.54, 1.807) is 13.8 Å². The van der Waals surface area contributed by atoms with Crippen LogP contribution < -0.4 is 0 Å². The normalized spacial score (nSPS) is 42.0. The summed E-state index contributed by atoms with van der Waals surface area (Å²) >= 11 is 4.83. The molecule has 0 unspecified atom stereocenters. The number of ether oxygens (including phenoxy) is 6. The second-order valence-electron chi connectivity index (χ2n) is 5.36. The number of rotatable bonds is 2. The highest BCUT2D eigenvalue weighted by atomic mass is 32.1. The predicted octanol–water partition coefficient (Wildman–Crippen LogP) is 0.495. The van der Waals surface area contributed by atoms with Crippen LogP contribution in [0.1, 0.15) is 20.8 Å². The van der Waals surface area contributed by atoms with Crippen LogP contribution in [-0.2, 0) is 33.2 Å². The van der Waals surface area contributed by atoms with Crippen molar-refractivity contribution in [1.82, 2.24) is 0 Å². The molecule has 0 N–H and O–H groups in total. The first kappa shape index (κ1) is 14.0. The van der Waals surface area contributed by atoms with Gasteiger partial charge in [0.05, 0.1) is 0 Å². The average Bonchev–Trinajstić information content (AvgIpc) is 2.93. The van der Waals surface area contributed by atoms with Gasteiger partial charge in [-0.25, -0.2) is 0 Å². The number of carbonyl (C=O) groups excluding carboxylic acids is 1. The molecule has 3 heterocycles. The van der Waals surface area contributed by atoms with Gasteiger partial charge < -0.3 is 28.4 Å². The van der Waals surface area contributed by atoms with Gasteiger partial charge in [-0.05, 0) is 13.8 Å². The third kappa shape index (κ3) is 2.48. The van der Waals surface area contributed by atoms with Gasteiger partial charge >= 0.3 is 11.2 Å². The van der Waals surface area contributed by atoms with Crippen LogP contribution in [0.2, 0.25) is 0 Å². The molecule has 5 atom stereocenters. The first-order chi connectivity index (χ1) is 9.35. The third-order valence-corrected chi connectivity index (χ3v) is 3.52. The fourth-order valence-electron chi connectivity index (χ4n) is 2.63. The molecule has 0 amide bonds. The van der Waals surface area contributed by atoms with E-state index >= 15 is 0 Å². The molecule has 0 saturated carbocycles. The van der Waals surface area contributed by atoms with E-state index in [0.29, 0.717) is 0 Å². The molecule has 3 aliphatic heterocycles. The molecule has 0 spiro atoms. The highest BCUT2D eigenvalue weighted by Gasteiger charge is 2.59. The standard InChI is InChI=1S/C12H16O7S/c1-5(13)15-8-7(6-4-14-11(20)16-6)17-10-9(8)18-12(2,3)19-10/h6-10H,4H2,1-3H3/t6-,7-,8+,9+,10-/m0/s1. The third-order valence-electron chi connectivity index (χ3n) is 3.31. The van der Waals surface area contributed by atoms with Gasteiger partial charge in [0.1, 0.15) is 12.7 Å². The van der Waals surface area contributed by atoms with Crippen molar-refractivity contribution in [1.29, 1.82) is 0 Å². The maximum Gasteiger partial charge on any atom is 0.352 e. The smallest absolute Gasteiger partial charge is 0.352 e. The van der Waals surface area contributed by atoms with E-state index in [0.717, 1.165) is 0 Å². The van der Waals surface area contributed by atoms with Gasteiger partial charge in [-0.1, -0.05) is 0 Å². The van der Waals surface area contributed by atoms with Crippen molar-refractivity contribution < 1.29 is 33.2 Å². The van der Waals surface area contributed by atoms with Crippen LogP contribution in [0.4, 0.5) is 0 Å². The van der Waals surface area contributed by atoms with Crippen LogP contribution in [0.25, 0.3) is 0 Å². The van der Waals surface area contributed by atoms with Crippen molar-refractivity contribution in [2.24, 2.45) is 0 Å². The highest BCUT2D eigenvalue weighted by molar-refractivity contribution is 7.79. The Morgan fingerprint density at radius 2 is 2.10 bits per heavy atom.